The van der Waals surface area contributed by atoms with Crippen LogP contribution in [0.3, 0.4) is 0 Å². The minimum absolute atomic E-state index is 0.0788. The molecule has 1 aromatic carbocycles. The van der Waals surface area contributed by atoms with Gasteiger partial charge in [0, 0.05) is 10.6 Å². The highest BCUT2D eigenvalue weighted by Gasteiger charge is 2.20. The van der Waals surface area contributed by atoms with Crippen LogP contribution in [0, 0.1) is 0 Å². The van der Waals surface area contributed by atoms with E-state index in [4.69, 9.17) is 9.47 Å². The fourth-order valence-electron chi connectivity index (χ4n) is 2.57. The maximum Gasteiger partial charge on any atom is 0.307 e. The maximum absolute atomic E-state index is 12.5. The van der Waals surface area contributed by atoms with Gasteiger partial charge in [-0.15, -0.1) is 21.5 Å². The lowest BCUT2D eigenvalue weighted by atomic mass is 10.1. The standard InChI is InChI=1S/C19H20N4O4S2/c1-26-14-7-5-13(6-8-14)23-12-20-22-19(23)29-11-17(24)21-15(10-18(25)27-2)16-4-3-9-28-16/h3-9,12,15H,10-11H2,1-2H3,(H,21,24). The number of ether oxygens (including phenoxy) is 2. The normalized spacial score (nSPS) is 11.7. The second kappa shape index (κ2) is 10.1. The Hall–Kier alpha value is -2.85. The summed E-state index contributed by atoms with van der Waals surface area (Å²) in [7, 11) is 2.94. The molecule has 0 aliphatic heterocycles. The zero-order valence-electron chi connectivity index (χ0n) is 15.9. The number of esters is 1. The largest absolute Gasteiger partial charge is 0.497 e. The van der Waals surface area contributed by atoms with Crippen LogP contribution in [0.15, 0.2) is 53.3 Å². The summed E-state index contributed by atoms with van der Waals surface area (Å²) in [4.78, 5) is 25.1. The number of benzene rings is 1. The molecule has 1 unspecified atom stereocenters. The summed E-state index contributed by atoms with van der Waals surface area (Å²) in [5.41, 5.74) is 0.862. The highest BCUT2D eigenvalue weighted by atomic mass is 32.2. The van der Waals surface area contributed by atoms with Gasteiger partial charge < -0.3 is 14.8 Å². The van der Waals surface area contributed by atoms with Gasteiger partial charge in [-0.2, -0.15) is 0 Å². The minimum Gasteiger partial charge on any atom is -0.497 e. The van der Waals surface area contributed by atoms with Gasteiger partial charge in [-0.3, -0.25) is 14.2 Å². The van der Waals surface area contributed by atoms with Crippen molar-refractivity contribution in [3.05, 3.63) is 53.0 Å². The number of nitrogens with zero attached hydrogens (tertiary/aromatic N) is 3. The van der Waals surface area contributed by atoms with Crippen LogP contribution in [0.2, 0.25) is 0 Å². The number of thiophene rings is 1. The van der Waals surface area contributed by atoms with Gasteiger partial charge in [0.2, 0.25) is 5.91 Å². The lowest BCUT2D eigenvalue weighted by Gasteiger charge is -2.16. The van der Waals surface area contributed by atoms with E-state index in [1.165, 1.54) is 30.2 Å². The molecule has 8 nitrogen and oxygen atoms in total. The molecule has 29 heavy (non-hydrogen) atoms. The number of aromatic nitrogens is 3. The van der Waals surface area contributed by atoms with E-state index in [0.29, 0.717) is 5.16 Å². The number of carbonyl (C=O) groups excluding carboxylic acids is 2. The van der Waals surface area contributed by atoms with Gasteiger partial charge in [0.15, 0.2) is 5.16 Å². The van der Waals surface area contributed by atoms with E-state index in [1.54, 1.807) is 18.0 Å². The van der Waals surface area contributed by atoms with Crippen molar-refractivity contribution in [3.8, 4) is 11.4 Å². The van der Waals surface area contributed by atoms with E-state index >= 15 is 0 Å². The fraction of sp³-hybridized carbons (Fsp3) is 0.263. The first-order valence-electron chi connectivity index (χ1n) is 8.67. The molecular formula is C19H20N4O4S2. The van der Waals surface area contributed by atoms with Crippen molar-refractivity contribution in [3.63, 3.8) is 0 Å². The van der Waals surface area contributed by atoms with E-state index < -0.39 is 6.04 Å². The number of amides is 1. The van der Waals surface area contributed by atoms with Crippen LogP contribution in [0.5, 0.6) is 5.75 Å². The molecule has 0 bridgehead atoms. The van der Waals surface area contributed by atoms with Crippen LogP contribution in [0.1, 0.15) is 17.3 Å². The summed E-state index contributed by atoms with van der Waals surface area (Å²) in [6.07, 6.45) is 1.67. The van der Waals surface area contributed by atoms with Crippen LogP contribution < -0.4 is 10.1 Å². The number of rotatable bonds is 9. The second-order valence-electron chi connectivity index (χ2n) is 5.89. The molecule has 10 heteroatoms. The number of carbonyl (C=O) groups is 2. The third kappa shape index (κ3) is 5.58. The van der Waals surface area contributed by atoms with Crippen molar-refractivity contribution in [2.24, 2.45) is 0 Å². The van der Waals surface area contributed by atoms with E-state index in [0.717, 1.165) is 16.3 Å². The third-order valence-electron chi connectivity index (χ3n) is 4.02. The van der Waals surface area contributed by atoms with Crippen LogP contribution in [0.4, 0.5) is 0 Å². The Bertz CT molecular complexity index is 942. The predicted octanol–water partition coefficient (Wildman–Crippen LogP) is 2.85. The zero-order valence-corrected chi connectivity index (χ0v) is 17.5. The lowest BCUT2D eigenvalue weighted by Crippen LogP contribution is -2.31. The lowest BCUT2D eigenvalue weighted by molar-refractivity contribution is -0.141. The Morgan fingerprint density at radius 1 is 1.24 bits per heavy atom. The SMILES string of the molecule is COC(=O)CC(NC(=O)CSc1nncn1-c1ccc(OC)cc1)c1cccs1. The van der Waals surface area contributed by atoms with Crippen molar-refractivity contribution in [2.75, 3.05) is 20.0 Å². The topological polar surface area (TPSA) is 95.3 Å². The van der Waals surface area contributed by atoms with Crippen molar-refractivity contribution in [2.45, 2.75) is 17.6 Å². The Labute approximate surface area is 176 Å². The Balaban J connectivity index is 1.63. The monoisotopic (exact) mass is 432 g/mol. The maximum atomic E-state index is 12.5. The van der Waals surface area contributed by atoms with Gasteiger partial charge in [-0.05, 0) is 35.7 Å². The average Bonchev–Trinajstić information content (AvgIpc) is 3.44. The number of nitrogens with one attached hydrogen (secondary N) is 1. The highest BCUT2D eigenvalue weighted by molar-refractivity contribution is 7.99. The Kier molecular flexibility index (Phi) is 7.25. The Morgan fingerprint density at radius 3 is 2.69 bits per heavy atom. The molecule has 2 heterocycles. The summed E-state index contributed by atoms with van der Waals surface area (Å²) in [6.45, 7) is 0. The van der Waals surface area contributed by atoms with Crippen molar-refractivity contribution in [1.29, 1.82) is 0 Å². The molecule has 0 saturated carbocycles. The van der Waals surface area contributed by atoms with E-state index in [9.17, 15) is 9.59 Å². The summed E-state index contributed by atoms with van der Waals surface area (Å²) in [5.74, 6) is 0.301. The van der Waals surface area contributed by atoms with Gasteiger partial charge in [-0.25, -0.2) is 0 Å². The van der Waals surface area contributed by atoms with E-state index in [1.807, 2.05) is 41.8 Å². The molecule has 3 aromatic rings. The molecule has 0 aliphatic carbocycles. The van der Waals surface area contributed by atoms with Gasteiger partial charge in [0.05, 0.1) is 32.4 Å². The van der Waals surface area contributed by atoms with Crippen molar-refractivity contribution >= 4 is 35.0 Å². The molecule has 0 aliphatic rings. The van der Waals surface area contributed by atoms with E-state index in [2.05, 4.69) is 15.5 Å². The first-order chi connectivity index (χ1) is 14.1. The molecule has 0 spiro atoms. The van der Waals surface area contributed by atoms with Gasteiger partial charge in [0.1, 0.15) is 12.1 Å². The summed E-state index contributed by atoms with van der Waals surface area (Å²) >= 11 is 2.74. The van der Waals surface area contributed by atoms with Crippen LogP contribution >= 0.6 is 23.1 Å². The molecule has 1 atom stereocenters. The highest BCUT2D eigenvalue weighted by Crippen LogP contribution is 2.24. The van der Waals surface area contributed by atoms with Crippen LogP contribution in [-0.4, -0.2) is 46.6 Å². The van der Waals surface area contributed by atoms with Crippen LogP contribution in [-0.2, 0) is 14.3 Å². The van der Waals surface area contributed by atoms with Gasteiger partial charge >= 0.3 is 5.97 Å². The quantitative estimate of drug-likeness (QED) is 0.410. The van der Waals surface area contributed by atoms with Gasteiger partial charge in [-0.1, -0.05) is 17.8 Å². The molecule has 1 amide bonds. The molecule has 152 valence electrons. The predicted molar refractivity (Wildman–Crippen MR) is 110 cm³/mol. The molecule has 1 N–H and O–H groups in total. The number of thioether (sulfide) groups is 1. The first-order valence-corrected chi connectivity index (χ1v) is 10.5. The van der Waals surface area contributed by atoms with Crippen molar-refractivity contribution < 1.29 is 19.1 Å². The van der Waals surface area contributed by atoms with E-state index in [-0.39, 0.29) is 24.1 Å². The number of hydrogen-bond donors (Lipinski definition) is 1. The molecule has 3 rings (SSSR count). The molecular weight excluding hydrogens is 412 g/mol. The van der Waals surface area contributed by atoms with Crippen LogP contribution in [0.25, 0.3) is 5.69 Å². The zero-order chi connectivity index (χ0) is 20.6. The molecule has 0 fully saturated rings. The smallest absolute Gasteiger partial charge is 0.307 e. The minimum atomic E-state index is -0.421. The molecule has 2 aromatic heterocycles. The summed E-state index contributed by atoms with van der Waals surface area (Å²) in [6, 6.07) is 10.8. The number of methoxy groups -OCH3 is 2. The first kappa shape index (κ1) is 20.9. The number of hydrogen-bond acceptors (Lipinski definition) is 8. The average molecular weight is 433 g/mol. The molecule has 0 radical (unpaired) electrons. The molecule has 0 saturated heterocycles. The summed E-state index contributed by atoms with van der Waals surface area (Å²) in [5, 5.41) is 13.4. The third-order valence-corrected chi connectivity index (χ3v) is 5.95. The Morgan fingerprint density at radius 2 is 2.03 bits per heavy atom. The van der Waals surface area contributed by atoms with Gasteiger partial charge in [0.25, 0.3) is 0 Å². The fourth-order valence-corrected chi connectivity index (χ4v) is 4.09. The van der Waals surface area contributed by atoms with Crippen molar-refractivity contribution in [1.82, 2.24) is 20.1 Å². The second-order valence-corrected chi connectivity index (χ2v) is 7.81. The summed E-state index contributed by atoms with van der Waals surface area (Å²) < 4.78 is 11.7.